The Morgan fingerprint density at radius 3 is 3.09 bits per heavy atom. The minimum absolute atomic E-state index is 0.120. The average Bonchev–Trinajstić information content (AvgIpc) is 3.15. The number of nitrogens with zero attached hydrogens (tertiary/aromatic N) is 2. The van der Waals surface area contributed by atoms with Gasteiger partial charge in [0.2, 0.25) is 0 Å². The summed E-state index contributed by atoms with van der Waals surface area (Å²) in [5, 5.41) is 11.9. The third-order valence-electron chi connectivity index (χ3n) is 3.73. The molecule has 2 N–H and O–H groups in total. The van der Waals surface area contributed by atoms with E-state index < -0.39 is 12.0 Å². The monoisotopic (exact) mass is 335 g/mol. The maximum absolute atomic E-state index is 12.7. The Morgan fingerprint density at radius 1 is 1.57 bits per heavy atom. The number of carbonyl (C=O) groups excluding carboxylic acids is 1. The molecule has 0 aromatic carbocycles. The van der Waals surface area contributed by atoms with Crippen molar-refractivity contribution in [1.29, 1.82) is 0 Å². The van der Waals surface area contributed by atoms with E-state index in [9.17, 15) is 9.59 Å². The van der Waals surface area contributed by atoms with E-state index in [2.05, 4.69) is 9.97 Å². The van der Waals surface area contributed by atoms with Gasteiger partial charge in [0.05, 0.1) is 36.4 Å². The summed E-state index contributed by atoms with van der Waals surface area (Å²) in [6.07, 6.45) is 1.62. The molecule has 1 atom stereocenters. The number of ether oxygens (including phenoxy) is 1. The van der Waals surface area contributed by atoms with Crippen LogP contribution >= 0.6 is 11.3 Å². The SMILES string of the molecule is Cc1nc(-c2c[nH]c(C(=O)N3CCOCC3CC(=O)O)c2)cs1. The van der Waals surface area contributed by atoms with Gasteiger partial charge in [-0.2, -0.15) is 0 Å². The molecule has 2 aromatic heterocycles. The normalized spacial score (nSPS) is 18.1. The van der Waals surface area contributed by atoms with Crippen LogP contribution in [0.2, 0.25) is 0 Å². The fourth-order valence-corrected chi connectivity index (χ4v) is 3.23. The van der Waals surface area contributed by atoms with E-state index in [0.717, 1.165) is 16.3 Å². The predicted octanol–water partition coefficient (Wildman–Crippen LogP) is 1.76. The number of aromatic nitrogens is 2. The second-order valence-electron chi connectivity index (χ2n) is 5.38. The number of nitrogens with one attached hydrogen (secondary N) is 1. The first-order valence-electron chi connectivity index (χ1n) is 7.26. The Kier molecular flexibility index (Phi) is 4.44. The highest BCUT2D eigenvalue weighted by atomic mass is 32.1. The lowest BCUT2D eigenvalue weighted by atomic mass is 10.1. The topological polar surface area (TPSA) is 95.5 Å². The number of aryl methyl sites for hydroxylation is 1. The number of carboxylic acid groups (broad SMARTS) is 1. The largest absolute Gasteiger partial charge is 0.481 e. The van der Waals surface area contributed by atoms with E-state index in [1.807, 2.05) is 12.3 Å². The molecule has 0 radical (unpaired) electrons. The van der Waals surface area contributed by atoms with Crippen LogP contribution < -0.4 is 0 Å². The molecule has 1 amide bonds. The maximum Gasteiger partial charge on any atom is 0.305 e. The van der Waals surface area contributed by atoms with E-state index in [0.29, 0.717) is 18.8 Å². The highest BCUT2D eigenvalue weighted by Crippen LogP contribution is 2.23. The van der Waals surface area contributed by atoms with Crippen LogP contribution in [-0.2, 0) is 9.53 Å². The Hall–Kier alpha value is -2.19. The van der Waals surface area contributed by atoms with Gasteiger partial charge in [0, 0.05) is 23.7 Å². The first kappa shape index (κ1) is 15.7. The van der Waals surface area contributed by atoms with Crippen molar-refractivity contribution in [3.8, 4) is 11.3 Å². The lowest BCUT2D eigenvalue weighted by Crippen LogP contribution is -2.49. The van der Waals surface area contributed by atoms with Crippen molar-refractivity contribution in [2.45, 2.75) is 19.4 Å². The van der Waals surface area contributed by atoms with E-state index in [-0.39, 0.29) is 18.9 Å². The fourth-order valence-electron chi connectivity index (χ4n) is 2.61. The number of aromatic amines is 1. The number of carboxylic acids is 1. The number of hydrogen-bond donors (Lipinski definition) is 2. The summed E-state index contributed by atoms with van der Waals surface area (Å²) in [5.41, 5.74) is 2.11. The standard InChI is InChI=1S/C15H17N3O4S/c1-9-17-13(8-23-9)10-4-12(16-6-10)15(21)18-2-3-22-7-11(18)5-14(19)20/h4,6,8,11,16H,2-3,5,7H2,1H3,(H,19,20). The molecule has 23 heavy (non-hydrogen) atoms. The van der Waals surface area contributed by atoms with Gasteiger partial charge < -0.3 is 19.7 Å². The smallest absolute Gasteiger partial charge is 0.305 e. The first-order valence-corrected chi connectivity index (χ1v) is 8.14. The lowest BCUT2D eigenvalue weighted by molar-refractivity contribution is -0.139. The highest BCUT2D eigenvalue weighted by molar-refractivity contribution is 7.09. The van der Waals surface area contributed by atoms with Gasteiger partial charge in [-0.1, -0.05) is 0 Å². The number of aliphatic carboxylic acids is 1. The van der Waals surface area contributed by atoms with Crippen molar-refractivity contribution >= 4 is 23.2 Å². The summed E-state index contributed by atoms with van der Waals surface area (Å²) in [7, 11) is 0. The number of rotatable bonds is 4. The minimum atomic E-state index is -0.941. The molecule has 8 heteroatoms. The summed E-state index contributed by atoms with van der Waals surface area (Å²) in [6, 6.07) is 1.31. The number of hydrogen-bond acceptors (Lipinski definition) is 5. The summed E-state index contributed by atoms with van der Waals surface area (Å²) in [6.45, 7) is 2.98. The second-order valence-corrected chi connectivity index (χ2v) is 6.44. The third kappa shape index (κ3) is 3.43. The summed E-state index contributed by atoms with van der Waals surface area (Å²) >= 11 is 1.55. The van der Waals surface area contributed by atoms with Gasteiger partial charge in [-0.25, -0.2) is 4.98 Å². The van der Waals surface area contributed by atoms with Crippen LogP contribution in [0.1, 0.15) is 21.9 Å². The summed E-state index contributed by atoms with van der Waals surface area (Å²) in [4.78, 5) is 32.6. The number of amides is 1. The van der Waals surface area contributed by atoms with E-state index >= 15 is 0 Å². The molecule has 0 spiro atoms. The van der Waals surface area contributed by atoms with Crippen LogP contribution in [0.3, 0.4) is 0 Å². The van der Waals surface area contributed by atoms with Crippen LogP contribution in [0.4, 0.5) is 0 Å². The second kappa shape index (κ2) is 6.51. The van der Waals surface area contributed by atoms with Crippen LogP contribution in [-0.4, -0.2) is 57.7 Å². The zero-order chi connectivity index (χ0) is 16.4. The molecule has 3 heterocycles. The Bertz CT molecular complexity index is 724. The van der Waals surface area contributed by atoms with Crippen molar-refractivity contribution in [3.05, 3.63) is 28.3 Å². The molecule has 7 nitrogen and oxygen atoms in total. The number of morpholine rings is 1. The Balaban J connectivity index is 1.79. The summed E-state index contributed by atoms with van der Waals surface area (Å²) < 4.78 is 5.30. The molecule has 1 aliphatic rings. The Morgan fingerprint density at radius 2 is 2.39 bits per heavy atom. The minimum Gasteiger partial charge on any atom is -0.481 e. The van der Waals surface area contributed by atoms with Gasteiger partial charge >= 0.3 is 5.97 Å². The Labute approximate surface area is 136 Å². The predicted molar refractivity (Wildman–Crippen MR) is 84.5 cm³/mol. The van der Waals surface area contributed by atoms with E-state index in [1.54, 1.807) is 28.5 Å². The van der Waals surface area contributed by atoms with Crippen LogP contribution in [0.25, 0.3) is 11.3 Å². The number of thiazole rings is 1. The number of H-pyrrole nitrogens is 1. The van der Waals surface area contributed by atoms with Gasteiger partial charge in [-0.15, -0.1) is 11.3 Å². The summed E-state index contributed by atoms with van der Waals surface area (Å²) in [5.74, 6) is -1.15. The molecule has 3 rings (SSSR count). The van der Waals surface area contributed by atoms with E-state index in [4.69, 9.17) is 9.84 Å². The quantitative estimate of drug-likeness (QED) is 0.888. The molecular weight excluding hydrogens is 318 g/mol. The molecule has 2 aromatic rings. The van der Waals surface area contributed by atoms with Crippen molar-refractivity contribution in [3.63, 3.8) is 0 Å². The molecule has 0 saturated carbocycles. The van der Waals surface area contributed by atoms with Crippen LogP contribution in [0.5, 0.6) is 0 Å². The van der Waals surface area contributed by atoms with Gasteiger partial charge in [0.1, 0.15) is 5.69 Å². The molecule has 1 saturated heterocycles. The van der Waals surface area contributed by atoms with E-state index in [1.165, 1.54) is 0 Å². The van der Waals surface area contributed by atoms with Crippen LogP contribution in [0.15, 0.2) is 17.6 Å². The molecule has 0 bridgehead atoms. The van der Waals surface area contributed by atoms with Gasteiger partial charge in [0.15, 0.2) is 0 Å². The maximum atomic E-state index is 12.7. The van der Waals surface area contributed by atoms with Crippen LogP contribution in [0, 0.1) is 6.92 Å². The molecule has 1 fully saturated rings. The van der Waals surface area contributed by atoms with Crippen molar-refractivity contribution < 1.29 is 19.4 Å². The van der Waals surface area contributed by atoms with Gasteiger partial charge in [-0.05, 0) is 13.0 Å². The van der Waals surface area contributed by atoms with Crippen molar-refractivity contribution in [2.24, 2.45) is 0 Å². The van der Waals surface area contributed by atoms with Gasteiger partial charge in [-0.3, -0.25) is 9.59 Å². The van der Waals surface area contributed by atoms with Gasteiger partial charge in [0.25, 0.3) is 5.91 Å². The molecule has 122 valence electrons. The molecule has 1 unspecified atom stereocenters. The molecular formula is C15H17N3O4S. The first-order chi connectivity index (χ1) is 11.0. The number of carbonyl (C=O) groups is 2. The fraction of sp³-hybridized carbons (Fsp3) is 0.400. The van der Waals surface area contributed by atoms with Crippen molar-refractivity contribution in [2.75, 3.05) is 19.8 Å². The highest BCUT2D eigenvalue weighted by Gasteiger charge is 2.30. The third-order valence-corrected chi connectivity index (χ3v) is 4.50. The molecule has 0 aliphatic carbocycles. The zero-order valence-electron chi connectivity index (χ0n) is 12.6. The van der Waals surface area contributed by atoms with Crippen molar-refractivity contribution in [1.82, 2.24) is 14.9 Å². The zero-order valence-corrected chi connectivity index (χ0v) is 13.4. The lowest BCUT2D eigenvalue weighted by Gasteiger charge is -2.34. The average molecular weight is 335 g/mol. The molecule has 1 aliphatic heterocycles.